The summed E-state index contributed by atoms with van der Waals surface area (Å²) in [6.45, 7) is 12.8. The maximum absolute atomic E-state index is 13.0. The van der Waals surface area contributed by atoms with Crippen LogP contribution in [-0.4, -0.2) is 10.5 Å². The Morgan fingerprint density at radius 1 is 1.04 bits per heavy atom. The number of amides is 1. The number of aromatic nitrogens is 1. The third-order valence-electron chi connectivity index (χ3n) is 5.52. The highest BCUT2D eigenvalue weighted by Crippen LogP contribution is 2.22. The molecule has 0 bridgehead atoms. The first-order valence-corrected chi connectivity index (χ1v) is 9.75. The average molecular weight is 377 g/mol. The Labute approximate surface area is 166 Å². The van der Waals surface area contributed by atoms with Gasteiger partial charge in [-0.05, 0) is 75.9 Å². The van der Waals surface area contributed by atoms with Crippen LogP contribution in [0.1, 0.15) is 58.1 Å². The summed E-state index contributed by atoms with van der Waals surface area (Å²) in [5.74, 6) is -0.333. The minimum atomic E-state index is -0.333. The second kappa shape index (κ2) is 7.63. The van der Waals surface area contributed by atoms with E-state index in [1.54, 1.807) is 6.20 Å². The molecular weight excluding hydrogens is 348 g/mol. The summed E-state index contributed by atoms with van der Waals surface area (Å²) < 4.78 is 1.96. The van der Waals surface area contributed by atoms with E-state index in [-0.39, 0.29) is 22.9 Å². The quantitative estimate of drug-likeness (QED) is 0.715. The Balaban J connectivity index is 2.01. The molecule has 3 rings (SSSR count). The molecule has 1 amide bonds. The molecule has 1 aromatic heterocycles. The molecule has 0 aliphatic rings. The van der Waals surface area contributed by atoms with Crippen molar-refractivity contribution in [2.45, 2.75) is 54.1 Å². The molecule has 1 unspecified atom stereocenters. The summed E-state index contributed by atoms with van der Waals surface area (Å²) in [5, 5.41) is 3.61. The van der Waals surface area contributed by atoms with E-state index in [0.29, 0.717) is 11.9 Å². The van der Waals surface area contributed by atoms with Crippen LogP contribution in [0, 0.1) is 27.7 Å². The lowest BCUT2D eigenvalue weighted by Crippen LogP contribution is -2.32. The predicted molar refractivity (Wildman–Crippen MR) is 115 cm³/mol. The highest BCUT2D eigenvalue weighted by molar-refractivity contribution is 5.97. The molecule has 0 aliphatic heterocycles. The van der Waals surface area contributed by atoms with E-state index in [4.69, 9.17) is 0 Å². The molecule has 0 aliphatic carbocycles. The number of nitrogens with zero attached hydrogens (tertiary/aromatic N) is 1. The molecule has 2 aromatic carbocycles. The molecule has 0 spiro atoms. The average Bonchev–Trinajstić information content (AvgIpc) is 2.65. The van der Waals surface area contributed by atoms with Gasteiger partial charge in [0.2, 0.25) is 5.43 Å². The summed E-state index contributed by atoms with van der Waals surface area (Å²) in [5.41, 5.74) is 6.46. The van der Waals surface area contributed by atoms with Crippen molar-refractivity contribution in [3.05, 3.63) is 80.1 Å². The Morgan fingerprint density at radius 3 is 2.39 bits per heavy atom. The molecule has 1 heterocycles. The fourth-order valence-electron chi connectivity index (χ4n) is 3.74. The van der Waals surface area contributed by atoms with E-state index >= 15 is 0 Å². The molecule has 0 fully saturated rings. The van der Waals surface area contributed by atoms with Gasteiger partial charge in [-0.2, -0.15) is 0 Å². The van der Waals surface area contributed by atoms with Crippen LogP contribution < -0.4 is 10.7 Å². The van der Waals surface area contributed by atoms with Crippen LogP contribution >= 0.6 is 0 Å². The van der Waals surface area contributed by atoms with Crippen LogP contribution in [0.5, 0.6) is 0 Å². The van der Waals surface area contributed by atoms with Crippen molar-refractivity contribution in [3.63, 3.8) is 0 Å². The van der Waals surface area contributed by atoms with Crippen molar-refractivity contribution < 1.29 is 4.79 Å². The Bertz CT molecular complexity index is 1130. The van der Waals surface area contributed by atoms with Gasteiger partial charge in [0, 0.05) is 18.1 Å². The smallest absolute Gasteiger partial charge is 0.257 e. The third kappa shape index (κ3) is 3.59. The van der Waals surface area contributed by atoms with Crippen molar-refractivity contribution in [3.8, 4) is 0 Å². The lowest BCUT2D eigenvalue weighted by molar-refractivity contribution is 0.0938. The highest BCUT2D eigenvalue weighted by atomic mass is 16.2. The maximum Gasteiger partial charge on any atom is 0.257 e. The van der Waals surface area contributed by atoms with Crippen LogP contribution in [-0.2, 0) is 6.54 Å². The highest BCUT2D eigenvalue weighted by Gasteiger charge is 2.19. The van der Waals surface area contributed by atoms with E-state index in [9.17, 15) is 9.59 Å². The number of nitrogens with one attached hydrogen (secondary N) is 1. The monoisotopic (exact) mass is 376 g/mol. The summed E-state index contributed by atoms with van der Waals surface area (Å²) >= 11 is 0. The number of pyridine rings is 1. The van der Waals surface area contributed by atoms with Gasteiger partial charge in [-0.3, -0.25) is 9.59 Å². The zero-order chi connectivity index (χ0) is 20.6. The number of carbonyl (C=O) groups is 1. The number of fused-ring (bicyclic) bond motifs is 1. The van der Waals surface area contributed by atoms with Gasteiger partial charge in [-0.15, -0.1) is 0 Å². The van der Waals surface area contributed by atoms with Gasteiger partial charge < -0.3 is 9.88 Å². The Hall–Kier alpha value is -2.88. The standard InChI is InChI=1S/C24H28N2O2/c1-7-26-13-21(23(27)20-10-14(2)8-9-22(20)26)24(28)25-18(6)19-12-16(4)15(3)11-17(19)5/h8-13,18H,7H2,1-6H3,(H,25,28). The first-order chi connectivity index (χ1) is 13.2. The zero-order valence-electron chi connectivity index (χ0n) is 17.5. The fraction of sp³-hybridized carbons (Fsp3) is 0.333. The van der Waals surface area contributed by atoms with Gasteiger partial charge in [-0.1, -0.05) is 23.8 Å². The van der Waals surface area contributed by atoms with Gasteiger partial charge in [0.05, 0.1) is 11.6 Å². The van der Waals surface area contributed by atoms with Gasteiger partial charge >= 0.3 is 0 Å². The Kier molecular flexibility index (Phi) is 5.41. The molecule has 3 aromatic rings. The summed E-state index contributed by atoms with van der Waals surface area (Å²) in [6, 6.07) is 9.85. The van der Waals surface area contributed by atoms with Gasteiger partial charge in [0.15, 0.2) is 0 Å². The number of hydrogen-bond acceptors (Lipinski definition) is 2. The van der Waals surface area contributed by atoms with E-state index in [1.165, 1.54) is 11.1 Å². The normalized spacial score (nSPS) is 12.2. The van der Waals surface area contributed by atoms with Crippen LogP contribution in [0.2, 0.25) is 0 Å². The van der Waals surface area contributed by atoms with E-state index in [0.717, 1.165) is 22.2 Å². The van der Waals surface area contributed by atoms with E-state index in [1.807, 2.05) is 50.5 Å². The maximum atomic E-state index is 13.0. The molecule has 1 N–H and O–H groups in total. The largest absolute Gasteiger partial charge is 0.347 e. The van der Waals surface area contributed by atoms with Crippen molar-refractivity contribution >= 4 is 16.8 Å². The van der Waals surface area contributed by atoms with Crippen LogP contribution in [0.15, 0.2) is 41.3 Å². The molecule has 0 radical (unpaired) electrons. The number of hydrogen-bond donors (Lipinski definition) is 1. The predicted octanol–water partition coefficient (Wildman–Crippen LogP) is 4.75. The van der Waals surface area contributed by atoms with Gasteiger partial charge in [0.1, 0.15) is 5.56 Å². The molecule has 0 saturated carbocycles. The number of benzene rings is 2. The molecule has 0 saturated heterocycles. The van der Waals surface area contributed by atoms with Gasteiger partial charge in [0.25, 0.3) is 5.91 Å². The topological polar surface area (TPSA) is 51.1 Å². The minimum Gasteiger partial charge on any atom is -0.347 e. The summed E-state index contributed by atoms with van der Waals surface area (Å²) in [6.07, 6.45) is 1.68. The second-order valence-corrected chi connectivity index (χ2v) is 7.67. The first-order valence-electron chi connectivity index (χ1n) is 9.75. The lowest BCUT2D eigenvalue weighted by Gasteiger charge is -2.19. The van der Waals surface area contributed by atoms with Crippen molar-refractivity contribution in [1.29, 1.82) is 0 Å². The second-order valence-electron chi connectivity index (χ2n) is 7.67. The number of aryl methyl sites for hydroxylation is 5. The lowest BCUT2D eigenvalue weighted by atomic mass is 9.96. The van der Waals surface area contributed by atoms with Crippen LogP contribution in [0.4, 0.5) is 0 Å². The van der Waals surface area contributed by atoms with Crippen molar-refractivity contribution in [1.82, 2.24) is 9.88 Å². The number of rotatable bonds is 4. The van der Waals surface area contributed by atoms with Gasteiger partial charge in [-0.25, -0.2) is 0 Å². The SMILES string of the molecule is CCn1cc(C(=O)NC(C)c2cc(C)c(C)cc2C)c(=O)c2cc(C)ccc21. The molecule has 146 valence electrons. The molecule has 1 atom stereocenters. The molecule has 4 nitrogen and oxygen atoms in total. The minimum absolute atomic E-state index is 0.186. The number of carbonyl (C=O) groups excluding carboxylic acids is 1. The van der Waals surface area contributed by atoms with Crippen LogP contribution in [0.25, 0.3) is 10.9 Å². The molecule has 4 heteroatoms. The van der Waals surface area contributed by atoms with Crippen LogP contribution in [0.3, 0.4) is 0 Å². The molecular formula is C24H28N2O2. The van der Waals surface area contributed by atoms with E-state index in [2.05, 4.69) is 31.3 Å². The molecule has 28 heavy (non-hydrogen) atoms. The van der Waals surface area contributed by atoms with E-state index < -0.39 is 0 Å². The fourth-order valence-corrected chi connectivity index (χ4v) is 3.74. The third-order valence-corrected chi connectivity index (χ3v) is 5.52. The van der Waals surface area contributed by atoms with Crippen molar-refractivity contribution in [2.75, 3.05) is 0 Å². The summed E-state index contributed by atoms with van der Waals surface area (Å²) in [4.78, 5) is 26.0. The van der Waals surface area contributed by atoms with Crippen molar-refractivity contribution in [2.24, 2.45) is 0 Å². The Morgan fingerprint density at radius 2 is 1.71 bits per heavy atom. The zero-order valence-corrected chi connectivity index (χ0v) is 17.5. The first kappa shape index (κ1) is 19.9. The summed E-state index contributed by atoms with van der Waals surface area (Å²) in [7, 11) is 0.